The molecule has 154 valence electrons. The molecule has 31 heavy (non-hydrogen) atoms. The van der Waals surface area contributed by atoms with Gasteiger partial charge in [0.2, 0.25) is 0 Å². The number of amides is 1. The van der Waals surface area contributed by atoms with E-state index in [9.17, 15) is 9.59 Å². The van der Waals surface area contributed by atoms with E-state index in [0.717, 1.165) is 10.8 Å². The lowest BCUT2D eigenvalue weighted by molar-refractivity contribution is 0.102. The number of rotatable bonds is 5. The number of carbonyl (C=O) groups is 2. The van der Waals surface area contributed by atoms with Crippen LogP contribution >= 0.6 is 27.5 Å². The molecule has 0 saturated carbocycles. The number of anilines is 1. The lowest BCUT2D eigenvalue weighted by Crippen LogP contribution is -2.16. The summed E-state index contributed by atoms with van der Waals surface area (Å²) in [5.41, 5.74) is 1.54. The highest BCUT2D eigenvalue weighted by molar-refractivity contribution is 9.10. The number of benzene rings is 4. The van der Waals surface area contributed by atoms with Crippen molar-refractivity contribution in [1.29, 1.82) is 0 Å². The molecule has 0 aliphatic heterocycles. The molecule has 0 aromatic heterocycles. The molecule has 0 heterocycles. The van der Waals surface area contributed by atoms with Gasteiger partial charge in [-0.3, -0.25) is 9.59 Å². The summed E-state index contributed by atoms with van der Waals surface area (Å²) in [6.07, 6.45) is 0. The van der Waals surface area contributed by atoms with Gasteiger partial charge in [-0.15, -0.1) is 0 Å². The van der Waals surface area contributed by atoms with Crippen molar-refractivity contribution in [2.45, 2.75) is 0 Å². The number of fused-ring (bicyclic) bond motifs is 1. The third kappa shape index (κ3) is 4.20. The van der Waals surface area contributed by atoms with E-state index in [2.05, 4.69) is 21.2 Å². The molecule has 4 aromatic rings. The van der Waals surface area contributed by atoms with Crippen LogP contribution in [0.3, 0.4) is 0 Å². The Balaban J connectivity index is 1.76. The molecule has 0 fully saturated rings. The fourth-order valence-electron chi connectivity index (χ4n) is 3.40. The van der Waals surface area contributed by atoms with E-state index < -0.39 is 5.91 Å². The van der Waals surface area contributed by atoms with Crippen molar-refractivity contribution in [2.75, 3.05) is 12.4 Å². The van der Waals surface area contributed by atoms with Gasteiger partial charge in [-0.1, -0.05) is 66.2 Å². The zero-order chi connectivity index (χ0) is 22.0. The molecule has 1 amide bonds. The fourth-order valence-corrected chi connectivity index (χ4v) is 4.31. The third-order valence-electron chi connectivity index (χ3n) is 4.90. The van der Waals surface area contributed by atoms with Crippen LogP contribution in [-0.4, -0.2) is 18.8 Å². The lowest BCUT2D eigenvalue weighted by Gasteiger charge is -2.15. The first-order chi connectivity index (χ1) is 15.0. The van der Waals surface area contributed by atoms with Crippen LogP contribution in [0.15, 0.2) is 83.3 Å². The minimum Gasteiger partial charge on any atom is -0.495 e. The molecule has 0 aliphatic rings. The van der Waals surface area contributed by atoms with Crippen LogP contribution in [0, 0.1) is 0 Å². The summed E-state index contributed by atoms with van der Waals surface area (Å²) >= 11 is 9.69. The Bertz CT molecular complexity index is 1310. The first-order valence-corrected chi connectivity index (χ1v) is 10.6. The van der Waals surface area contributed by atoms with E-state index >= 15 is 0 Å². The molecular formula is C25H17BrClNO3. The van der Waals surface area contributed by atoms with Crippen molar-refractivity contribution >= 4 is 55.7 Å². The number of methoxy groups -OCH3 is 1. The van der Waals surface area contributed by atoms with Crippen LogP contribution in [0.5, 0.6) is 5.75 Å². The van der Waals surface area contributed by atoms with Gasteiger partial charge in [-0.2, -0.15) is 0 Å². The fraction of sp³-hybridized carbons (Fsp3) is 0.0400. The molecule has 0 bridgehead atoms. The zero-order valence-electron chi connectivity index (χ0n) is 16.5. The molecule has 4 rings (SSSR count). The summed E-state index contributed by atoms with van der Waals surface area (Å²) in [4.78, 5) is 26.3. The topological polar surface area (TPSA) is 55.4 Å². The van der Waals surface area contributed by atoms with Crippen LogP contribution in [0.1, 0.15) is 26.3 Å². The van der Waals surface area contributed by atoms with Crippen molar-refractivity contribution in [2.24, 2.45) is 0 Å². The molecule has 0 radical (unpaired) electrons. The Labute approximate surface area is 192 Å². The van der Waals surface area contributed by atoms with Crippen LogP contribution in [-0.2, 0) is 0 Å². The van der Waals surface area contributed by atoms with E-state index in [1.807, 2.05) is 30.3 Å². The van der Waals surface area contributed by atoms with Gasteiger partial charge >= 0.3 is 0 Å². The van der Waals surface area contributed by atoms with Crippen LogP contribution in [0.4, 0.5) is 5.69 Å². The van der Waals surface area contributed by atoms with Gasteiger partial charge in [0.25, 0.3) is 5.91 Å². The average molecular weight is 495 g/mol. The second kappa shape index (κ2) is 8.92. The van der Waals surface area contributed by atoms with Crippen LogP contribution in [0.2, 0.25) is 5.02 Å². The van der Waals surface area contributed by atoms with Crippen molar-refractivity contribution in [3.63, 3.8) is 0 Å². The van der Waals surface area contributed by atoms with Gasteiger partial charge < -0.3 is 10.1 Å². The van der Waals surface area contributed by atoms with Gasteiger partial charge in [0, 0.05) is 16.1 Å². The Morgan fingerprint density at radius 3 is 2.35 bits per heavy atom. The monoisotopic (exact) mass is 493 g/mol. The Morgan fingerprint density at radius 2 is 1.61 bits per heavy atom. The van der Waals surface area contributed by atoms with Crippen LogP contribution in [0.25, 0.3) is 10.8 Å². The first-order valence-electron chi connectivity index (χ1n) is 9.45. The smallest absolute Gasteiger partial charge is 0.259 e. The minimum absolute atomic E-state index is 0.231. The number of hydrogen-bond donors (Lipinski definition) is 1. The number of nitrogens with one attached hydrogen (secondary N) is 1. The van der Waals surface area contributed by atoms with Gasteiger partial charge in [-0.05, 0) is 51.0 Å². The van der Waals surface area contributed by atoms with Crippen molar-refractivity contribution in [3.05, 3.63) is 105 Å². The number of hydrogen-bond acceptors (Lipinski definition) is 3. The summed E-state index contributed by atoms with van der Waals surface area (Å²) in [5.74, 6) is -0.209. The number of halogens is 2. The molecule has 4 nitrogen and oxygen atoms in total. The van der Waals surface area contributed by atoms with Crippen molar-refractivity contribution in [1.82, 2.24) is 0 Å². The standard InChI is InChI=1S/C25H17BrClNO3/c1-31-24-20(13-16-9-5-6-10-18(16)22(24)26)25(30)28-21-12-11-17(27)14-19(21)23(29)15-7-3-2-4-8-15/h2-14H,1H3,(H,28,30). The lowest BCUT2D eigenvalue weighted by atomic mass is 10.0. The average Bonchev–Trinajstić information content (AvgIpc) is 2.80. The molecule has 6 heteroatoms. The first kappa shape index (κ1) is 21.1. The van der Waals surface area contributed by atoms with Gasteiger partial charge in [0.1, 0.15) is 5.75 Å². The maximum absolute atomic E-state index is 13.2. The number of carbonyl (C=O) groups excluding carboxylic acids is 2. The summed E-state index contributed by atoms with van der Waals surface area (Å²) in [6.45, 7) is 0. The molecule has 0 atom stereocenters. The highest BCUT2D eigenvalue weighted by atomic mass is 79.9. The Hall–Kier alpha value is -3.15. The number of ether oxygens (including phenoxy) is 1. The van der Waals surface area contributed by atoms with Gasteiger partial charge in [0.05, 0.1) is 22.8 Å². The van der Waals surface area contributed by atoms with Crippen molar-refractivity contribution < 1.29 is 14.3 Å². The Morgan fingerprint density at radius 1 is 0.903 bits per heavy atom. The summed E-state index contributed by atoms with van der Waals surface area (Å²) < 4.78 is 6.20. The maximum atomic E-state index is 13.2. The zero-order valence-corrected chi connectivity index (χ0v) is 18.8. The molecule has 1 N–H and O–H groups in total. The SMILES string of the molecule is COc1c(C(=O)Nc2ccc(Cl)cc2C(=O)c2ccccc2)cc2ccccc2c1Br. The molecule has 0 spiro atoms. The van der Waals surface area contributed by atoms with E-state index in [0.29, 0.717) is 37.6 Å². The summed E-state index contributed by atoms with van der Waals surface area (Å²) in [7, 11) is 1.51. The molecular weight excluding hydrogens is 478 g/mol. The Kier molecular flexibility index (Phi) is 6.07. The highest BCUT2D eigenvalue weighted by Gasteiger charge is 2.21. The summed E-state index contributed by atoms with van der Waals surface area (Å²) in [6, 6.07) is 23.1. The normalized spacial score (nSPS) is 10.7. The van der Waals surface area contributed by atoms with E-state index in [1.165, 1.54) is 7.11 Å². The molecule has 4 aromatic carbocycles. The number of ketones is 1. The quantitative estimate of drug-likeness (QED) is 0.312. The van der Waals surface area contributed by atoms with E-state index in [1.54, 1.807) is 48.5 Å². The van der Waals surface area contributed by atoms with E-state index in [4.69, 9.17) is 16.3 Å². The predicted octanol–water partition coefficient (Wildman–Crippen LogP) is 6.75. The largest absolute Gasteiger partial charge is 0.495 e. The molecule has 0 aliphatic carbocycles. The highest BCUT2D eigenvalue weighted by Crippen LogP contribution is 2.37. The third-order valence-corrected chi connectivity index (χ3v) is 5.92. The molecule has 0 saturated heterocycles. The van der Waals surface area contributed by atoms with Crippen molar-refractivity contribution in [3.8, 4) is 5.75 Å². The van der Waals surface area contributed by atoms with Gasteiger partial charge in [-0.25, -0.2) is 0 Å². The maximum Gasteiger partial charge on any atom is 0.259 e. The predicted molar refractivity (Wildman–Crippen MR) is 127 cm³/mol. The molecule has 0 unspecified atom stereocenters. The van der Waals surface area contributed by atoms with E-state index in [-0.39, 0.29) is 5.78 Å². The minimum atomic E-state index is -0.396. The second-order valence-electron chi connectivity index (χ2n) is 6.83. The van der Waals surface area contributed by atoms with Crippen LogP contribution < -0.4 is 10.1 Å². The van der Waals surface area contributed by atoms with Gasteiger partial charge in [0.15, 0.2) is 5.78 Å². The summed E-state index contributed by atoms with van der Waals surface area (Å²) in [5, 5.41) is 5.08. The second-order valence-corrected chi connectivity index (χ2v) is 8.06.